The van der Waals surface area contributed by atoms with E-state index in [0.29, 0.717) is 5.92 Å². The number of aliphatic hydroxyl groups is 1. The molecule has 1 saturated carbocycles. The predicted molar refractivity (Wildman–Crippen MR) is 109 cm³/mol. The molecule has 27 heavy (non-hydrogen) atoms. The summed E-state index contributed by atoms with van der Waals surface area (Å²) in [5, 5.41) is 11.0. The number of rotatable bonds is 3. The van der Waals surface area contributed by atoms with Gasteiger partial charge in [0.2, 0.25) is 0 Å². The van der Waals surface area contributed by atoms with Gasteiger partial charge >= 0.3 is 7.12 Å². The van der Waals surface area contributed by atoms with Crippen LogP contribution in [0.25, 0.3) is 0 Å². The molecule has 1 aliphatic carbocycles. The van der Waals surface area contributed by atoms with Crippen LogP contribution in [0.3, 0.4) is 0 Å². The van der Waals surface area contributed by atoms with Crippen molar-refractivity contribution in [2.45, 2.75) is 83.1 Å². The molecule has 3 fully saturated rings. The molecule has 0 bridgehead atoms. The molecule has 2 heterocycles. The second-order valence-electron chi connectivity index (χ2n) is 9.82. The molecule has 0 aromatic heterocycles. The van der Waals surface area contributed by atoms with Gasteiger partial charge < -0.3 is 14.4 Å². The molecular formula is C22H34BNO3. The normalized spacial score (nSPS) is 33.1. The van der Waals surface area contributed by atoms with E-state index in [9.17, 15) is 5.11 Å². The van der Waals surface area contributed by atoms with Gasteiger partial charge in [-0.15, -0.1) is 0 Å². The third kappa shape index (κ3) is 3.60. The standard InChI is InChI=1S/C22H34BNO3/c1-20(2)21(3,4)27-23(26-20)19-11-6-5-9-17(19)15-24-14-13-22(25)12-8-7-10-18(22)16-24/h5-6,9,11,18,25H,7-8,10,12-16H2,1-4H3. The van der Waals surface area contributed by atoms with E-state index >= 15 is 0 Å². The van der Waals surface area contributed by atoms with E-state index in [0.717, 1.165) is 44.4 Å². The first-order valence-electron chi connectivity index (χ1n) is 10.6. The molecule has 3 aliphatic rings. The molecule has 1 aromatic rings. The third-order valence-corrected chi connectivity index (χ3v) is 7.47. The quantitative estimate of drug-likeness (QED) is 0.830. The zero-order valence-corrected chi connectivity index (χ0v) is 17.3. The topological polar surface area (TPSA) is 41.9 Å². The molecule has 2 saturated heterocycles. The maximum atomic E-state index is 11.0. The number of likely N-dealkylation sites (tertiary alicyclic amines) is 1. The van der Waals surface area contributed by atoms with Crippen molar-refractivity contribution in [3.63, 3.8) is 0 Å². The number of fused-ring (bicyclic) bond motifs is 1. The van der Waals surface area contributed by atoms with E-state index in [2.05, 4.69) is 56.9 Å². The summed E-state index contributed by atoms with van der Waals surface area (Å²) in [6.45, 7) is 11.3. The highest BCUT2D eigenvalue weighted by Crippen LogP contribution is 2.40. The Bertz CT molecular complexity index is 676. The van der Waals surface area contributed by atoms with Gasteiger partial charge in [0.05, 0.1) is 16.8 Å². The zero-order chi connectivity index (χ0) is 19.3. The number of hydrogen-bond acceptors (Lipinski definition) is 4. The maximum Gasteiger partial charge on any atom is 0.495 e. The highest BCUT2D eigenvalue weighted by molar-refractivity contribution is 6.62. The summed E-state index contributed by atoms with van der Waals surface area (Å²) in [5.74, 6) is 0.420. The molecule has 1 N–H and O–H groups in total. The Morgan fingerprint density at radius 2 is 1.78 bits per heavy atom. The monoisotopic (exact) mass is 371 g/mol. The fourth-order valence-electron chi connectivity index (χ4n) is 4.90. The molecule has 0 radical (unpaired) electrons. The molecular weight excluding hydrogens is 337 g/mol. The van der Waals surface area contributed by atoms with Gasteiger partial charge in [-0.25, -0.2) is 0 Å². The van der Waals surface area contributed by atoms with Crippen LogP contribution in [0, 0.1) is 5.92 Å². The lowest BCUT2D eigenvalue weighted by Crippen LogP contribution is -2.53. The molecule has 0 spiro atoms. The molecule has 148 valence electrons. The van der Waals surface area contributed by atoms with Crippen LogP contribution in [0.15, 0.2) is 24.3 Å². The van der Waals surface area contributed by atoms with E-state index in [1.165, 1.54) is 18.4 Å². The van der Waals surface area contributed by atoms with Crippen molar-refractivity contribution < 1.29 is 14.4 Å². The Hall–Kier alpha value is -0.875. The second-order valence-corrected chi connectivity index (χ2v) is 9.82. The summed E-state index contributed by atoms with van der Waals surface area (Å²) in [5.41, 5.74) is 1.35. The van der Waals surface area contributed by atoms with Gasteiger partial charge in [-0.2, -0.15) is 0 Å². The Labute approximate surface area is 164 Å². The van der Waals surface area contributed by atoms with Gasteiger partial charge in [0.25, 0.3) is 0 Å². The highest BCUT2D eigenvalue weighted by atomic mass is 16.7. The van der Waals surface area contributed by atoms with Crippen molar-refractivity contribution >= 4 is 12.6 Å². The highest BCUT2D eigenvalue weighted by Gasteiger charge is 2.52. The number of hydrogen-bond donors (Lipinski definition) is 1. The van der Waals surface area contributed by atoms with Crippen LogP contribution in [0.4, 0.5) is 0 Å². The molecule has 5 heteroatoms. The summed E-state index contributed by atoms with van der Waals surface area (Å²) in [4.78, 5) is 2.51. The van der Waals surface area contributed by atoms with E-state index in [4.69, 9.17) is 9.31 Å². The molecule has 2 unspecified atom stereocenters. The van der Waals surface area contributed by atoms with Crippen molar-refractivity contribution in [1.82, 2.24) is 4.90 Å². The van der Waals surface area contributed by atoms with E-state index < -0.39 is 5.60 Å². The van der Waals surface area contributed by atoms with Crippen LogP contribution in [0.5, 0.6) is 0 Å². The van der Waals surface area contributed by atoms with E-state index in [1.54, 1.807) is 0 Å². The zero-order valence-electron chi connectivity index (χ0n) is 17.3. The van der Waals surface area contributed by atoms with Crippen LogP contribution < -0.4 is 5.46 Å². The summed E-state index contributed by atoms with van der Waals surface area (Å²) < 4.78 is 12.6. The minimum atomic E-state index is -0.417. The summed E-state index contributed by atoms with van der Waals surface area (Å²) >= 11 is 0. The number of piperidine rings is 1. The van der Waals surface area contributed by atoms with Crippen molar-refractivity contribution in [1.29, 1.82) is 0 Å². The lowest BCUT2D eigenvalue weighted by Gasteiger charge is -2.47. The smallest absolute Gasteiger partial charge is 0.399 e. The van der Waals surface area contributed by atoms with Crippen LogP contribution in [-0.4, -0.2) is 47.0 Å². The molecule has 4 rings (SSSR count). The van der Waals surface area contributed by atoms with Crippen LogP contribution >= 0.6 is 0 Å². The average molecular weight is 371 g/mol. The van der Waals surface area contributed by atoms with Gasteiger partial charge in [0.1, 0.15) is 0 Å². The van der Waals surface area contributed by atoms with Crippen molar-refractivity contribution in [2.24, 2.45) is 5.92 Å². The number of benzene rings is 1. The first kappa shape index (κ1) is 19.4. The Morgan fingerprint density at radius 1 is 1.07 bits per heavy atom. The Kier molecular flexibility index (Phi) is 4.95. The van der Waals surface area contributed by atoms with Gasteiger partial charge in [-0.05, 0) is 58.0 Å². The summed E-state index contributed by atoms with van der Waals surface area (Å²) in [6, 6.07) is 8.51. The van der Waals surface area contributed by atoms with Crippen LogP contribution in [0.2, 0.25) is 0 Å². The lowest BCUT2D eigenvalue weighted by molar-refractivity contribution is -0.0967. The minimum absolute atomic E-state index is 0.317. The summed E-state index contributed by atoms with van der Waals surface area (Å²) in [6.07, 6.45) is 5.47. The van der Waals surface area contributed by atoms with E-state index in [-0.39, 0.29) is 18.3 Å². The Morgan fingerprint density at radius 3 is 2.52 bits per heavy atom. The van der Waals surface area contributed by atoms with Gasteiger partial charge in [-0.3, -0.25) is 4.90 Å². The minimum Gasteiger partial charge on any atom is -0.399 e. The SMILES string of the molecule is CC1(C)OB(c2ccccc2CN2CCC3(O)CCCCC3C2)OC1(C)C. The predicted octanol–water partition coefficient (Wildman–Crippen LogP) is 3.11. The average Bonchev–Trinajstić information content (AvgIpc) is 2.83. The second kappa shape index (κ2) is 6.87. The van der Waals surface area contributed by atoms with Gasteiger partial charge in [0, 0.05) is 25.6 Å². The first-order chi connectivity index (χ1) is 12.7. The van der Waals surface area contributed by atoms with Crippen molar-refractivity contribution in [3.8, 4) is 0 Å². The summed E-state index contributed by atoms with van der Waals surface area (Å²) in [7, 11) is -0.317. The van der Waals surface area contributed by atoms with Crippen molar-refractivity contribution in [2.75, 3.05) is 13.1 Å². The maximum absolute atomic E-state index is 11.0. The van der Waals surface area contributed by atoms with Gasteiger partial charge in [-0.1, -0.05) is 37.1 Å². The number of nitrogens with zero attached hydrogens (tertiary/aromatic N) is 1. The molecule has 2 atom stereocenters. The van der Waals surface area contributed by atoms with Crippen LogP contribution in [0.1, 0.15) is 65.4 Å². The fraction of sp³-hybridized carbons (Fsp3) is 0.727. The van der Waals surface area contributed by atoms with Gasteiger partial charge in [0.15, 0.2) is 0 Å². The fourth-order valence-corrected chi connectivity index (χ4v) is 4.90. The molecule has 1 aromatic carbocycles. The first-order valence-corrected chi connectivity index (χ1v) is 10.6. The lowest BCUT2D eigenvalue weighted by atomic mass is 9.71. The van der Waals surface area contributed by atoms with Crippen molar-refractivity contribution in [3.05, 3.63) is 29.8 Å². The Balaban J connectivity index is 1.50. The molecule has 2 aliphatic heterocycles. The van der Waals surface area contributed by atoms with Crippen LogP contribution in [-0.2, 0) is 15.9 Å². The van der Waals surface area contributed by atoms with E-state index in [1.807, 2.05) is 0 Å². The largest absolute Gasteiger partial charge is 0.495 e. The molecule has 0 amide bonds. The third-order valence-electron chi connectivity index (χ3n) is 7.47. The molecule has 4 nitrogen and oxygen atoms in total.